The molecule has 21 heavy (non-hydrogen) atoms. The van der Waals surface area contributed by atoms with Crippen LogP contribution in [0.4, 0.5) is 0 Å². The molecule has 0 aromatic heterocycles. The van der Waals surface area contributed by atoms with Crippen LogP contribution in [0.15, 0.2) is 59.1 Å². The molecule has 2 aromatic rings. The highest BCUT2D eigenvalue weighted by molar-refractivity contribution is 9.10. The van der Waals surface area contributed by atoms with E-state index in [4.69, 9.17) is 0 Å². The zero-order valence-corrected chi connectivity index (χ0v) is 13.1. The van der Waals surface area contributed by atoms with Crippen LogP contribution in [0, 0.1) is 0 Å². The zero-order valence-electron chi connectivity index (χ0n) is 11.5. The van der Waals surface area contributed by atoms with Crippen LogP contribution in [0.3, 0.4) is 0 Å². The van der Waals surface area contributed by atoms with Crippen molar-refractivity contribution in [2.75, 3.05) is 6.54 Å². The van der Waals surface area contributed by atoms with Crippen LogP contribution in [-0.4, -0.2) is 18.2 Å². The molecule has 3 nitrogen and oxygen atoms in total. The van der Waals surface area contributed by atoms with Crippen molar-refractivity contribution in [3.05, 3.63) is 70.2 Å². The molecule has 0 fully saturated rings. The van der Waals surface area contributed by atoms with Gasteiger partial charge >= 0.3 is 0 Å². The van der Waals surface area contributed by atoms with Crippen LogP contribution in [0.1, 0.15) is 33.6 Å². The van der Waals surface area contributed by atoms with E-state index in [0.717, 1.165) is 4.47 Å². The van der Waals surface area contributed by atoms with Gasteiger partial charge in [-0.1, -0.05) is 46.3 Å². The molecule has 0 heterocycles. The number of Topliss-reactive ketones (excluding diaryl/α,β-unsaturated/α-hetero) is 1. The molecule has 0 bridgehead atoms. The van der Waals surface area contributed by atoms with Gasteiger partial charge in [0.05, 0.1) is 0 Å². The predicted octanol–water partition coefficient (Wildman–Crippen LogP) is 3.84. The van der Waals surface area contributed by atoms with Gasteiger partial charge < -0.3 is 5.32 Å². The minimum atomic E-state index is -0.105. The second-order valence-electron chi connectivity index (χ2n) is 4.66. The molecule has 1 amide bonds. The standard InChI is InChI=1S/C17H16BrNO2/c18-15-10-8-13(9-11-15)16(20)7-4-12-19-17(21)14-5-2-1-3-6-14/h1-3,5-6,8-11H,4,7,12H2,(H,19,21). The molecule has 0 atom stereocenters. The molecule has 108 valence electrons. The second-order valence-corrected chi connectivity index (χ2v) is 5.57. The van der Waals surface area contributed by atoms with Crippen molar-refractivity contribution in [1.29, 1.82) is 0 Å². The van der Waals surface area contributed by atoms with E-state index in [1.165, 1.54) is 0 Å². The zero-order chi connectivity index (χ0) is 15.1. The number of rotatable bonds is 6. The highest BCUT2D eigenvalue weighted by atomic mass is 79.9. The Morgan fingerprint density at radius 1 is 0.905 bits per heavy atom. The Bertz CT molecular complexity index is 608. The van der Waals surface area contributed by atoms with Gasteiger partial charge in [-0.15, -0.1) is 0 Å². The van der Waals surface area contributed by atoms with Crippen molar-refractivity contribution in [1.82, 2.24) is 5.32 Å². The Labute approximate surface area is 132 Å². The fraction of sp³-hybridized carbons (Fsp3) is 0.176. The van der Waals surface area contributed by atoms with Crippen molar-refractivity contribution >= 4 is 27.6 Å². The summed E-state index contributed by atoms with van der Waals surface area (Å²) in [6.07, 6.45) is 1.06. The number of hydrogen-bond acceptors (Lipinski definition) is 2. The van der Waals surface area contributed by atoms with E-state index in [-0.39, 0.29) is 11.7 Å². The van der Waals surface area contributed by atoms with Crippen LogP contribution in [0.5, 0.6) is 0 Å². The average Bonchev–Trinajstić information content (AvgIpc) is 2.52. The van der Waals surface area contributed by atoms with E-state index in [2.05, 4.69) is 21.2 Å². The third-order valence-corrected chi connectivity index (χ3v) is 3.60. The van der Waals surface area contributed by atoms with E-state index < -0.39 is 0 Å². The molecule has 1 N–H and O–H groups in total. The highest BCUT2D eigenvalue weighted by Gasteiger charge is 2.07. The maximum atomic E-state index is 11.9. The molecule has 0 radical (unpaired) electrons. The van der Waals surface area contributed by atoms with Gasteiger partial charge in [0, 0.05) is 28.6 Å². The Hall–Kier alpha value is -1.94. The molecular formula is C17H16BrNO2. The summed E-state index contributed by atoms with van der Waals surface area (Å²) in [5.41, 5.74) is 1.34. The van der Waals surface area contributed by atoms with Crippen molar-refractivity contribution < 1.29 is 9.59 Å². The van der Waals surface area contributed by atoms with Gasteiger partial charge in [-0.05, 0) is 30.7 Å². The minimum Gasteiger partial charge on any atom is -0.352 e. The smallest absolute Gasteiger partial charge is 0.251 e. The SMILES string of the molecule is O=C(CCCNC(=O)c1ccccc1)c1ccc(Br)cc1. The van der Waals surface area contributed by atoms with Crippen LogP contribution in [0.2, 0.25) is 0 Å². The second kappa shape index (κ2) is 7.74. The first-order chi connectivity index (χ1) is 10.2. The normalized spacial score (nSPS) is 10.1. The van der Waals surface area contributed by atoms with E-state index in [0.29, 0.717) is 30.5 Å². The van der Waals surface area contributed by atoms with Crippen molar-refractivity contribution in [2.24, 2.45) is 0 Å². The Kier molecular flexibility index (Phi) is 5.69. The first-order valence-corrected chi connectivity index (χ1v) is 7.58. The molecule has 0 saturated carbocycles. The van der Waals surface area contributed by atoms with Crippen LogP contribution in [-0.2, 0) is 0 Å². The molecule has 4 heteroatoms. The molecule has 2 rings (SSSR count). The molecule has 0 aliphatic carbocycles. The molecule has 2 aromatic carbocycles. The first-order valence-electron chi connectivity index (χ1n) is 6.79. The van der Waals surface area contributed by atoms with Crippen molar-refractivity contribution in [3.63, 3.8) is 0 Å². The quantitative estimate of drug-likeness (QED) is 0.638. The Morgan fingerprint density at radius 3 is 2.24 bits per heavy atom. The molecule has 0 unspecified atom stereocenters. The number of halogens is 1. The van der Waals surface area contributed by atoms with E-state index in [9.17, 15) is 9.59 Å². The van der Waals surface area contributed by atoms with Gasteiger partial charge in [-0.3, -0.25) is 9.59 Å². The van der Waals surface area contributed by atoms with Gasteiger partial charge in [0.15, 0.2) is 5.78 Å². The van der Waals surface area contributed by atoms with Gasteiger partial charge in [0.1, 0.15) is 0 Å². The summed E-state index contributed by atoms with van der Waals surface area (Å²) < 4.78 is 0.953. The van der Waals surface area contributed by atoms with E-state index in [1.807, 2.05) is 30.3 Å². The van der Waals surface area contributed by atoms with Gasteiger partial charge in [-0.2, -0.15) is 0 Å². The van der Waals surface area contributed by atoms with E-state index >= 15 is 0 Å². The maximum Gasteiger partial charge on any atom is 0.251 e. The van der Waals surface area contributed by atoms with Crippen LogP contribution < -0.4 is 5.32 Å². The van der Waals surface area contributed by atoms with Crippen molar-refractivity contribution in [2.45, 2.75) is 12.8 Å². The number of amides is 1. The lowest BCUT2D eigenvalue weighted by Crippen LogP contribution is -2.24. The van der Waals surface area contributed by atoms with Crippen LogP contribution in [0.25, 0.3) is 0 Å². The summed E-state index contributed by atoms with van der Waals surface area (Å²) >= 11 is 3.34. The summed E-state index contributed by atoms with van der Waals surface area (Å²) in [5.74, 6) is -0.0110. The summed E-state index contributed by atoms with van der Waals surface area (Å²) in [6, 6.07) is 16.4. The number of carbonyl (C=O) groups is 2. The lowest BCUT2D eigenvalue weighted by Gasteiger charge is -2.05. The molecule has 0 aliphatic heterocycles. The average molecular weight is 346 g/mol. The third-order valence-electron chi connectivity index (χ3n) is 3.07. The van der Waals surface area contributed by atoms with Gasteiger partial charge in [0.25, 0.3) is 5.91 Å². The fourth-order valence-corrected chi connectivity index (χ4v) is 2.19. The minimum absolute atomic E-state index is 0.0939. The predicted molar refractivity (Wildman–Crippen MR) is 86.5 cm³/mol. The van der Waals surface area contributed by atoms with E-state index in [1.54, 1.807) is 24.3 Å². The largest absolute Gasteiger partial charge is 0.352 e. The van der Waals surface area contributed by atoms with Gasteiger partial charge in [0.2, 0.25) is 0 Å². The highest BCUT2D eigenvalue weighted by Crippen LogP contribution is 2.12. The number of benzene rings is 2. The summed E-state index contributed by atoms with van der Waals surface area (Å²) in [6.45, 7) is 0.496. The summed E-state index contributed by atoms with van der Waals surface area (Å²) in [4.78, 5) is 23.7. The summed E-state index contributed by atoms with van der Waals surface area (Å²) in [7, 11) is 0. The van der Waals surface area contributed by atoms with Crippen molar-refractivity contribution in [3.8, 4) is 0 Å². The third kappa shape index (κ3) is 4.83. The molecule has 0 spiro atoms. The molecule has 0 aliphatic rings. The fourth-order valence-electron chi connectivity index (χ4n) is 1.92. The number of ketones is 1. The van der Waals surface area contributed by atoms with Crippen LogP contribution >= 0.6 is 15.9 Å². The Balaban J connectivity index is 1.73. The lowest BCUT2D eigenvalue weighted by molar-refractivity contribution is 0.0938. The number of nitrogens with one attached hydrogen (secondary N) is 1. The first kappa shape index (κ1) is 15.4. The lowest BCUT2D eigenvalue weighted by atomic mass is 10.1. The maximum absolute atomic E-state index is 11.9. The molecular weight excluding hydrogens is 330 g/mol. The molecule has 0 saturated heterocycles. The number of carbonyl (C=O) groups excluding carboxylic acids is 2. The summed E-state index contributed by atoms with van der Waals surface area (Å²) in [5, 5.41) is 2.82. The monoisotopic (exact) mass is 345 g/mol. The topological polar surface area (TPSA) is 46.2 Å². The van der Waals surface area contributed by atoms with Gasteiger partial charge in [-0.25, -0.2) is 0 Å². The number of hydrogen-bond donors (Lipinski definition) is 1. The Morgan fingerprint density at radius 2 is 1.57 bits per heavy atom.